The molecule has 0 spiro atoms. The molecule has 4 heteroatoms. The summed E-state index contributed by atoms with van der Waals surface area (Å²) in [5.74, 6) is 1.23. The Balaban J connectivity index is 1.51. The van der Waals surface area contributed by atoms with Gasteiger partial charge in [0.05, 0.1) is 5.92 Å². The molecule has 4 rings (SSSR count). The van der Waals surface area contributed by atoms with Gasteiger partial charge < -0.3 is 4.74 Å². The lowest BCUT2D eigenvalue weighted by Gasteiger charge is -2.50. The fourth-order valence-electron chi connectivity index (χ4n) is 6.23. The van der Waals surface area contributed by atoms with Crippen molar-refractivity contribution in [2.75, 3.05) is 13.1 Å². The number of carbonyl (C=O) groups excluding carboxylic acids is 2. The summed E-state index contributed by atoms with van der Waals surface area (Å²) >= 11 is 0. The van der Waals surface area contributed by atoms with Gasteiger partial charge in [0, 0.05) is 37.4 Å². The van der Waals surface area contributed by atoms with Gasteiger partial charge in [0.1, 0.15) is 11.9 Å². The van der Waals surface area contributed by atoms with Crippen LogP contribution in [0.5, 0.6) is 0 Å². The molecule has 2 heterocycles. The SMILES string of the molecule is C=C1CCC[C@]2(C)C[C@H]3OC(=O)[C@H](CN4C[C@@H](C)C(=O)C[C@H]4C)[C@H]3C[C@@H]12. The van der Waals surface area contributed by atoms with Crippen molar-refractivity contribution < 1.29 is 14.3 Å². The van der Waals surface area contributed by atoms with Gasteiger partial charge in [-0.2, -0.15) is 0 Å². The molecule has 0 aromatic carbocycles. The first-order chi connectivity index (χ1) is 12.3. The number of esters is 1. The van der Waals surface area contributed by atoms with Crippen LogP contribution in [-0.2, 0) is 14.3 Å². The van der Waals surface area contributed by atoms with E-state index in [-0.39, 0.29) is 35.4 Å². The Morgan fingerprint density at radius 3 is 2.85 bits per heavy atom. The molecule has 0 amide bonds. The maximum absolute atomic E-state index is 12.7. The third-order valence-corrected chi connectivity index (χ3v) is 7.93. The second kappa shape index (κ2) is 6.47. The highest BCUT2D eigenvalue weighted by molar-refractivity contribution is 5.82. The number of hydrogen-bond acceptors (Lipinski definition) is 4. The quantitative estimate of drug-likeness (QED) is 0.558. The van der Waals surface area contributed by atoms with Crippen molar-refractivity contribution >= 4 is 11.8 Å². The first-order valence-electron chi connectivity index (χ1n) is 10.4. The van der Waals surface area contributed by atoms with Gasteiger partial charge in [0.2, 0.25) is 0 Å². The predicted molar refractivity (Wildman–Crippen MR) is 101 cm³/mol. The fourth-order valence-corrected chi connectivity index (χ4v) is 6.23. The molecule has 0 unspecified atom stereocenters. The third kappa shape index (κ3) is 2.94. The van der Waals surface area contributed by atoms with Gasteiger partial charge in [-0.25, -0.2) is 0 Å². The van der Waals surface area contributed by atoms with Crippen LogP contribution in [0.3, 0.4) is 0 Å². The number of likely N-dealkylation sites (tertiary alicyclic amines) is 1. The molecule has 2 saturated heterocycles. The molecule has 7 atom stereocenters. The van der Waals surface area contributed by atoms with Crippen LogP contribution in [0, 0.1) is 29.1 Å². The van der Waals surface area contributed by atoms with Gasteiger partial charge in [-0.15, -0.1) is 0 Å². The number of piperidine rings is 1. The number of hydrogen-bond donors (Lipinski definition) is 0. The van der Waals surface area contributed by atoms with Crippen LogP contribution in [-0.4, -0.2) is 41.9 Å². The van der Waals surface area contributed by atoms with Crippen molar-refractivity contribution in [3.05, 3.63) is 12.2 Å². The number of allylic oxidation sites excluding steroid dienone is 1. The van der Waals surface area contributed by atoms with E-state index in [1.807, 2.05) is 6.92 Å². The van der Waals surface area contributed by atoms with Crippen LogP contribution >= 0.6 is 0 Å². The van der Waals surface area contributed by atoms with E-state index in [2.05, 4.69) is 25.3 Å². The second-order valence-corrected chi connectivity index (χ2v) is 9.78. The molecule has 0 radical (unpaired) electrons. The summed E-state index contributed by atoms with van der Waals surface area (Å²) in [6.07, 6.45) is 6.32. The van der Waals surface area contributed by atoms with Crippen LogP contribution in [0.2, 0.25) is 0 Å². The Labute approximate surface area is 157 Å². The third-order valence-electron chi connectivity index (χ3n) is 7.93. The Hall–Kier alpha value is -1.16. The van der Waals surface area contributed by atoms with Gasteiger partial charge in [0.25, 0.3) is 0 Å². The topological polar surface area (TPSA) is 46.6 Å². The summed E-state index contributed by atoms with van der Waals surface area (Å²) < 4.78 is 5.89. The molecule has 4 nitrogen and oxygen atoms in total. The summed E-state index contributed by atoms with van der Waals surface area (Å²) in [7, 11) is 0. The first kappa shape index (κ1) is 18.2. The highest BCUT2D eigenvalue weighted by Crippen LogP contribution is 2.57. The van der Waals surface area contributed by atoms with Gasteiger partial charge in [-0.3, -0.25) is 14.5 Å². The average Bonchev–Trinajstić information content (AvgIpc) is 2.85. The van der Waals surface area contributed by atoms with Crippen LogP contribution in [0.25, 0.3) is 0 Å². The molecule has 2 aliphatic carbocycles. The van der Waals surface area contributed by atoms with E-state index < -0.39 is 0 Å². The summed E-state index contributed by atoms with van der Waals surface area (Å²) in [4.78, 5) is 27.1. The highest BCUT2D eigenvalue weighted by Gasteiger charge is 2.55. The number of carbonyl (C=O) groups is 2. The zero-order valence-electron chi connectivity index (χ0n) is 16.5. The first-order valence-corrected chi connectivity index (χ1v) is 10.4. The summed E-state index contributed by atoms with van der Waals surface area (Å²) in [6.45, 7) is 12.4. The molecule has 26 heavy (non-hydrogen) atoms. The van der Waals surface area contributed by atoms with Gasteiger partial charge in [-0.05, 0) is 50.4 Å². The molecular weight excluding hydrogens is 326 g/mol. The minimum atomic E-state index is -0.0397. The van der Waals surface area contributed by atoms with Gasteiger partial charge in [-0.1, -0.05) is 26.0 Å². The smallest absolute Gasteiger partial charge is 0.310 e. The molecule has 4 fully saturated rings. The zero-order valence-corrected chi connectivity index (χ0v) is 16.5. The molecule has 0 aromatic heterocycles. The van der Waals surface area contributed by atoms with Gasteiger partial charge in [0.15, 0.2) is 0 Å². The number of rotatable bonds is 2. The van der Waals surface area contributed by atoms with Crippen molar-refractivity contribution in [2.45, 2.75) is 71.4 Å². The van der Waals surface area contributed by atoms with E-state index in [9.17, 15) is 9.59 Å². The van der Waals surface area contributed by atoms with Crippen LogP contribution in [0.4, 0.5) is 0 Å². The molecule has 144 valence electrons. The highest BCUT2D eigenvalue weighted by atomic mass is 16.6. The summed E-state index contributed by atoms with van der Waals surface area (Å²) in [6, 6.07) is 0.226. The predicted octanol–water partition coefficient (Wildman–Crippen LogP) is 3.60. The molecule has 0 bridgehead atoms. The van der Waals surface area contributed by atoms with Crippen molar-refractivity contribution in [1.82, 2.24) is 4.90 Å². The molecule has 0 aromatic rings. The van der Waals surface area contributed by atoms with Crippen molar-refractivity contribution in [1.29, 1.82) is 0 Å². The van der Waals surface area contributed by atoms with E-state index in [1.165, 1.54) is 18.4 Å². The Morgan fingerprint density at radius 1 is 1.31 bits per heavy atom. The Bertz CT molecular complexity index is 629. The number of ether oxygens (including phenoxy) is 1. The minimum Gasteiger partial charge on any atom is -0.462 e. The van der Waals surface area contributed by atoms with Crippen molar-refractivity contribution in [3.63, 3.8) is 0 Å². The largest absolute Gasteiger partial charge is 0.462 e. The maximum atomic E-state index is 12.7. The van der Waals surface area contributed by atoms with E-state index in [1.54, 1.807) is 0 Å². The molecule has 2 aliphatic heterocycles. The Kier molecular flexibility index (Phi) is 4.53. The van der Waals surface area contributed by atoms with Gasteiger partial charge >= 0.3 is 5.97 Å². The number of Topliss-reactive ketones (excluding diaryl/α,β-unsaturated/α-hetero) is 1. The fraction of sp³-hybridized carbons (Fsp3) is 0.818. The zero-order chi connectivity index (χ0) is 18.6. The number of fused-ring (bicyclic) bond motifs is 2. The van der Waals surface area contributed by atoms with Crippen LogP contribution < -0.4 is 0 Å². The number of nitrogens with zero attached hydrogens (tertiary/aromatic N) is 1. The van der Waals surface area contributed by atoms with E-state index >= 15 is 0 Å². The molecular formula is C22H33NO3. The minimum absolute atomic E-state index is 0.00962. The van der Waals surface area contributed by atoms with E-state index in [0.29, 0.717) is 24.0 Å². The average molecular weight is 360 g/mol. The monoisotopic (exact) mass is 359 g/mol. The standard InChI is InChI=1S/C22H33NO3/c1-13-6-5-7-22(4)10-20-16(9-18(13)22)17(21(25)26-20)12-23-11-14(2)19(24)8-15(23)3/h14-18,20H,1,5-12H2,2-4H3/t14-,15-,16-,17-,18+,20-,22-/m1/s1. The molecule has 0 N–H and O–H groups in total. The lowest BCUT2D eigenvalue weighted by molar-refractivity contribution is -0.146. The normalized spacial score (nSPS) is 46.7. The van der Waals surface area contributed by atoms with Crippen LogP contribution in [0.15, 0.2) is 12.2 Å². The van der Waals surface area contributed by atoms with E-state index in [4.69, 9.17) is 4.74 Å². The lowest BCUT2D eigenvalue weighted by Crippen LogP contribution is -2.50. The Morgan fingerprint density at radius 2 is 2.08 bits per heavy atom. The summed E-state index contributed by atoms with van der Waals surface area (Å²) in [5.41, 5.74) is 1.64. The van der Waals surface area contributed by atoms with Crippen molar-refractivity contribution in [2.24, 2.45) is 29.1 Å². The lowest BCUT2D eigenvalue weighted by atomic mass is 9.55. The number of ketones is 1. The molecule has 4 aliphatic rings. The maximum Gasteiger partial charge on any atom is 0.310 e. The summed E-state index contributed by atoms with van der Waals surface area (Å²) in [5, 5.41) is 0. The van der Waals surface area contributed by atoms with Crippen LogP contribution in [0.1, 0.15) is 59.3 Å². The van der Waals surface area contributed by atoms with E-state index in [0.717, 1.165) is 32.4 Å². The van der Waals surface area contributed by atoms with Crippen molar-refractivity contribution in [3.8, 4) is 0 Å². The molecule has 2 saturated carbocycles. The second-order valence-electron chi connectivity index (χ2n) is 9.78.